The summed E-state index contributed by atoms with van der Waals surface area (Å²) in [6.45, 7) is 3.98. The fraction of sp³-hybridized carbons (Fsp3) is 0.381. The summed E-state index contributed by atoms with van der Waals surface area (Å²) < 4.78 is 7.92. The van der Waals surface area contributed by atoms with Crippen molar-refractivity contribution < 1.29 is 14.3 Å². The molecular formula is C21H24BrN3O4. The molecule has 8 heteroatoms. The van der Waals surface area contributed by atoms with Crippen LogP contribution in [0.4, 0.5) is 5.69 Å². The minimum atomic E-state index is -0.811. The number of anilines is 1. The zero-order valence-electron chi connectivity index (χ0n) is 16.4. The molecule has 1 aliphatic heterocycles. The molecule has 0 saturated carbocycles. The molecule has 0 radical (unpaired) electrons. The molecule has 2 aromatic rings. The normalized spacial score (nSPS) is 15.6. The molecule has 3 rings (SSSR count). The van der Waals surface area contributed by atoms with Gasteiger partial charge in [0.05, 0.1) is 12.2 Å². The second kappa shape index (κ2) is 9.26. The van der Waals surface area contributed by atoms with Crippen LogP contribution >= 0.6 is 15.9 Å². The third kappa shape index (κ3) is 4.87. The number of hydrogen-bond acceptors (Lipinski definition) is 4. The second-order valence-electron chi connectivity index (χ2n) is 6.91. The molecule has 0 fully saturated rings. The van der Waals surface area contributed by atoms with Crippen molar-refractivity contribution in [3.63, 3.8) is 0 Å². The van der Waals surface area contributed by atoms with Gasteiger partial charge in [0, 0.05) is 22.8 Å². The third-order valence-corrected chi connectivity index (χ3v) is 5.42. The standard InChI is InChI=1S/C21H24BrN3O4/c1-3-15(4-2)23-21(28)18-12-25(16-7-5-6-8-17(16)29-18)20(27)13-24-11-14(22)9-10-19(24)26/h5-11,15,18H,3-4,12-13H2,1-2H3,(H,23,28). The van der Waals surface area contributed by atoms with Gasteiger partial charge in [0.1, 0.15) is 12.3 Å². The quantitative estimate of drug-likeness (QED) is 0.716. The van der Waals surface area contributed by atoms with E-state index in [-0.39, 0.29) is 36.5 Å². The number of nitrogens with zero attached hydrogens (tertiary/aromatic N) is 2. The number of benzene rings is 1. The largest absolute Gasteiger partial charge is 0.477 e. The second-order valence-corrected chi connectivity index (χ2v) is 7.83. The molecule has 1 N–H and O–H groups in total. The lowest BCUT2D eigenvalue weighted by atomic mass is 10.1. The Labute approximate surface area is 177 Å². The first-order valence-electron chi connectivity index (χ1n) is 9.65. The molecule has 2 amide bonds. The van der Waals surface area contributed by atoms with E-state index in [1.54, 1.807) is 36.5 Å². The number of aromatic nitrogens is 1. The number of carbonyl (C=O) groups is 2. The number of para-hydroxylation sites is 2. The Morgan fingerprint density at radius 1 is 1.21 bits per heavy atom. The number of pyridine rings is 1. The van der Waals surface area contributed by atoms with E-state index in [0.29, 0.717) is 15.9 Å². The van der Waals surface area contributed by atoms with Gasteiger partial charge in [-0.25, -0.2) is 0 Å². The molecule has 1 unspecified atom stereocenters. The summed E-state index contributed by atoms with van der Waals surface area (Å²) in [5.74, 6) is -0.0645. The maximum Gasteiger partial charge on any atom is 0.263 e. The summed E-state index contributed by atoms with van der Waals surface area (Å²) in [7, 11) is 0. The van der Waals surface area contributed by atoms with Gasteiger partial charge >= 0.3 is 0 Å². The van der Waals surface area contributed by atoms with Crippen molar-refractivity contribution in [3.05, 3.63) is 57.4 Å². The minimum Gasteiger partial charge on any atom is -0.477 e. The fourth-order valence-electron chi connectivity index (χ4n) is 3.25. The van der Waals surface area contributed by atoms with Crippen LogP contribution in [0.2, 0.25) is 0 Å². The number of carbonyl (C=O) groups excluding carboxylic acids is 2. The van der Waals surface area contributed by atoms with Crippen LogP contribution in [0.3, 0.4) is 0 Å². The van der Waals surface area contributed by atoms with Gasteiger partial charge in [-0.05, 0) is 47.0 Å². The first-order valence-corrected chi connectivity index (χ1v) is 10.4. The Morgan fingerprint density at radius 3 is 2.66 bits per heavy atom. The van der Waals surface area contributed by atoms with Gasteiger partial charge < -0.3 is 19.5 Å². The van der Waals surface area contributed by atoms with E-state index in [1.165, 1.54) is 15.5 Å². The highest BCUT2D eigenvalue weighted by Crippen LogP contribution is 2.33. The van der Waals surface area contributed by atoms with E-state index >= 15 is 0 Å². The van der Waals surface area contributed by atoms with Crippen molar-refractivity contribution >= 4 is 33.4 Å². The summed E-state index contributed by atoms with van der Waals surface area (Å²) in [5.41, 5.74) is 0.318. The zero-order valence-corrected chi connectivity index (χ0v) is 18.0. The first kappa shape index (κ1) is 21.1. The predicted molar refractivity (Wildman–Crippen MR) is 114 cm³/mol. The molecule has 154 valence electrons. The molecule has 0 spiro atoms. The van der Waals surface area contributed by atoms with Crippen LogP contribution in [0.25, 0.3) is 0 Å². The van der Waals surface area contributed by atoms with Gasteiger partial charge in [-0.2, -0.15) is 0 Å². The van der Waals surface area contributed by atoms with Gasteiger partial charge in [0.2, 0.25) is 5.91 Å². The minimum absolute atomic E-state index is 0.0627. The number of halogens is 1. The molecule has 2 heterocycles. The van der Waals surface area contributed by atoms with Crippen LogP contribution in [-0.4, -0.2) is 35.1 Å². The lowest BCUT2D eigenvalue weighted by Gasteiger charge is -2.34. The van der Waals surface area contributed by atoms with E-state index < -0.39 is 6.10 Å². The van der Waals surface area contributed by atoms with Crippen LogP contribution in [0.15, 0.2) is 51.9 Å². The highest BCUT2D eigenvalue weighted by Gasteiger charge is 2.34. The van der Waals surface area contributed by atoms with E-state index in [9.17, 15) is 14.4 Å². The smallest absolute Gasteiger partial charge is 0.263 e. The number of ether oxygens (including phenoxy) is 1. The number of fused-ring (bicyclic) bond motifs is 1. The number of rotatable bonds is 6. The SMILES string of the molecule is CCC(CC)NC(=O)C1CN(C(=O)Cn2cc(Br)ccc2=O)c2ccccc2O1. The summed E-state index contributed by atoms with van der Waals surface area (Å²) in [4.78, 5) is 39.4. The molecule has 29 heavy (non-hydrogen) atoms. The van der Waals surface area contributed by atoms with Crippen LogP contribution in [0.5, 0.6) is 5.75 Å². The Morgan fingerprint density at radius 2 is 1.93 bits per heavy atom. The topological polar surface area (TPSA) is 80.6 Å². The van der Waals surface area contributed by atoms with E-state index in [4.69, 9.17) is 4.74 Å². The van der Waals surface area contributed by atoms with Gasteiger partial charge in [0.15, 0.2) is 6.10 Å². The maximum atomic E-state index is 13.1. The maximum absolute atomic E-state index is 13.1. The van der Waals surface area contributed by atoms with Crippen molar-refractivity contribution in [2.75, 3.05) is 11.4 Å². The third-order valence-electron chi connectivity index (χ3n) is 4.95. The van der Waals surface area contributed by atoms with Gasteiger partial charge in [0.25, 0.3) is 11.5 Å². The van der Waals surface area contributed by atoms with Crippen molar-refractivity contribution in [1.29, 1.82) is 0 Å². The summed E-state index contributed by atoms with van der Waals surface area (Å²) in [6, 6.07) is 10.2. The van der Waals surface area contributed by atoms with Crippen LogP contribution in [0.1, 0.15) is 26.7 Å². The molecule has 1 aromatic carbocycles. The molecule has 0 saturated heterocycles. The van der Waals surface area contributed by atoms with Crippen molar-refractivity contribution in [2.24, 2.45) is 0 Å². The van der Waals surface area contributed by atoms with Crippen molar-refractivity contribution in [2.45, 2.75) is 45.4 Å². The monoisotopic (exact) mass is 461 g/mol. The van der Waals surface area contributed by atoms with E-state index in [1.807, 2.05) is 13.8 Å². The first-order chi connectivity index (χ1) is 13.9. The Hall–Kier alpha value is -2.61. The Kier molecular flexibility index (Phi) is 6.74. The van der Waals surface area contributed by atoms with Crippen molar-refractivity contribution in [1.82, 2.24) is 9.88 Å². The molecule has 0 bridgehead atoms. The fourth-order valence-corrected chi connectivity index (χ4v) is 3.63. The van der Waals surface area contributed by atoms with Crippen LogP contribution < -0.4 is 20.5 Å². The predicted octanol–water partition coefficient (Wildman–Crippen LogP) is 2.71. The number of nitrogens with one attached hydrogen (secondary N) is 1. The van der Waals surface area contributed by atoms with Gasteiger partial charge in [-0.3, -0.25) is 14.4 Å². The summed E-state index contributed by atoms with van der Waals surface area (Å²) >= 11 is 3.32. The van der Waals surface area contributed by atoms with Crippen LogP contribution in [0, 0.1) is 0 Å². The molecule has 0 aliphatic carbocycles. The molecule has 1 aromatic heterocycles. The molecule has 7 nitrogen and oxygen atoms in total. The Balaban J connectivity index is 1.84. The average molecular weight is 462 g/mol. The highest BCUT2D eigenvalue weighted by molar-refractivity contribution is 9.10. The lowest BCUT2D eigenvalue weighted by molar-refractivity contribution is -0.129. The molecular weight excluding hydrogens is 438 g/mol. The highest BCUT2D eigenvalue weighted by atomic mass is 79.9. The Bertz CT molecular complexity index is 955. The van der Waals surface area contributed by atoms with Gasteiger partial charge in [-0.15, -0.1) is 0 Å². The van der Waals surface area contributed by atoms with Crippen LogP contribution in [-0.2, 0) is 16.1 Å². The number of hydrogen-bond donors (Lipinski definition) is 1. The average Bonchev–Trinajstić information content (AvgIpc) is 2.73. The zero-order chi connectivity index (χ0) is 21.0. The van der Waals surface area contributed by atoms with Gasteiger partial charge in [-0.1, -0.05) is 26.0 Å². The van der Waals surface area contributed by atoms with E-state index in [2.05, 4.69) is 21.2 Å². The summed E-state index contributed by atoms with van der Waals surface area (Å²) in [5, 5.41) is 2.98. The molecule has 1 atom stereocenters. The summed E-state index contributed by atoms with van der Waals surface area (Å²) in [6.07, 6.45) is 2.40. The van der Waals surface area contributed by atoms with E-state index in [0.717, 1.165) is 12.8 Å². The number of amides is 2. The molecule has 1 aliphatic rings. The lowest BCUT2D eigenvalue weighted by Crippen LogP contribution is -2.53. The van der Waals surface area contributed by atoms with Crippen molar-refractivity contribution in [3.8, 4) is 5.75 Å².